The molecule has 0 amide bonds. The standard InChI is InChI=1S/C21H18N2O2/c1-21(13-22,14-8-4-3-5-9-14)18-12-17(20(24)25-2)19(23)16-11-7-6-10-15(16)18/h3-12H,23H2,1-2H3. The van der Waals surface area contributed by atoms with Gasteiger partial charge >= 0.3 is 5.97 Å². The Labute approximate surface area is 146 Å². The van der Waals surface area contributed by atoms with Crippen LogP contribution in [0.1, 0.15) is 28.4 Å². The smallest absolute Gasteiger partial charge is 0.339 e. The fraction of sp³-hybridized carbons (Fsp3) is 0.143. The lowest BCUT2D eigenvalue weighted by atomic mass is 9.75. The summed E-state index contributed by atoms with van der Waals surface area (Å²) in [6, 6.07) is 21.1. The van der Waals surface area contributed by atoms with Gasteiger partial charge in [-0.25, -0.2) is 4.79 Å². The van der Waals surface area contributed by atoms with E-state index in [1.165, 1.54) is 7.11 Å². The number of nitrogens with zero attached hydrogens (tertiary/aromatic N) is 1. The molecule has 0 spiro atoms. The van der Waals surface area contributed by atoms with E-state index in [4.69, 9.17) is 10.5 Å². The van der Waals surface area contributed by atoms with Crippen molar-refractivity contribution in [2.75, 3.05) is 12.8 Å². The van der Waals surface area contributed by atoms with E-state index in [1.807, 2.05) is 61.5 Å². The molecule has 0 fully saturated rings. The molecule has 3 rings (SSSR count). The number of nitrogens with two attached hydrogens (primary N) is 1. The number of hydrogen-bond acceptors (Lipinski definition) is 4. The summed E-state index contributed by atoms with van der Waals surface area (Å²) in [4.78, 5) is 12.2. The van der Waals surface area contributed by atoms with Crippen LogP contribution in [-0.2, 0) is 10.2 Å². The van der Waals surface area contributed by atoms with Crippen molar-refractivity contribution < 1.29 is 9.53 Å². The molecule has 0 radical (unpaired) electrons. The Morgan fingerprint density at radius 1 is 1.08 bits per heavy atom. The molecular formula is C21H18N2O2. The van der Waals surface area contributed by atoms with Crippen molar-refractivity contribution in [3.05, 3.63) is 77.4 Å². The van der Waals surface area contributed by atoms with Gasteiger partial charge in [0.1, 0.15) is 5.41 Å². The van der Waals surface area contributed by atoms with Crippen LogP contribution in [0.25, 0.3) is 10.8 Å². The zero-order valence-corrected chi connectivity index (χ0v) is 14.1. The van der Waals surface area contributed by atoms with Gasteiger partial charge in [-0.1, -0.05) is 54.6 Å². The van der Waals surface area contributed by atoms with E-state index in [-0.39, 0.29) is 5.56 Å². The number of nitriles is 1. The van der Waals surface area contributed by atoms with Crippen molar-refractivity contribution in [1.29, 1.82) is 5.26 Å². The van der Waals surface area contributed by atoms with E-state index in [0.29, 0.717) is 5.69 Å². The van der Waals surface area contributed by atoms with Crippen molar-refractivity contribution in [1.82, 2.24) is 0 Å². The Hall–Kier alpha value is -3.32. The molecule has 2 N–H and O–H groups in total. The van der Waals surface area contributed by atoms with Gasteiger partial charge < -0.3 is 10.5 Å². The van der Waals surface area contributed by atoms with Crippen molar-refractivity contribution in [3.8, 4) is 6.07 Å². The van der Waals surface area contributed by atoms with E-state index in [9.17, 15) is 10.1 Å². The average molecular weight is 330 g/mol. The minimum absolute atomic E-state index is 0.272. The lowest BCUT2D eigenvalue weighted by Gasteiger charge is -2.26. The molecule has 4 nitrogen and oxygen atoms in total. The Balaban J connectivity index is 2.41. The quantitative estimate of drug-likeness (QED) is 0.581. The molecule has 0 bridgehead atoms. The van der Waals surface area contributed by atoms with Crippen LogP contribution in [0.2, 0.25) is 0 Å². The van der Waals surface area contributed by atoms with Crippen LogP contribution >= 0.6 is 0 Å². The Bertz CT molecular complexity index is 990. The molecular weight excluding hydrogens is 312 g/mol. The van der Waals surface area contributed by atoms with Gasteiger partial charge in [0.25, 0.3) is 0 Å². The van der Waals surface area contributed by atoms with Gasteiger partial charge in [0, 0.05) is 5.39 Å². The number of nitrogen functional groups attached to an aromatic ring is 1. The first kappa shape index (κ1) is 16.5. The topological polar surface area (TPSA) is 76.1 Å². The average Bonchev–Trinajstić information content (AvgIpc) is 2.68. The second-order valence-electron chi connectivity index (χ2n) is 6.03. The maximum atomic E-state index is 12.2. The van der Waals surface area contributed by atoms with Crippen LogP contribution in [-0.4, -0.2) is 13.1 Å². The zero-order valence-electron chi connectivity index (χ0n) is 14.1. The number of benzene rings is 3. The largest absolute Gasteiger partial charge is 0.465 e. The summed E-state index contributed by atoms with van der Waals surface area (Å²) in [6.45, 7) is 1.85. The second-order valence-corrected chi connectivity index (χ2v) is 6.03. The van der Waals surface area contributed by atoms with Crippen LogP contribution in [0.5, 0.6) is 0 Å². The van der Waals surface area contributed by atoms with E-state index < -0.39 is 11.4 Å². The number of esters is 1. The first-order valence-electron chi connectivity index (χ1n) is 7.89. The molecule has 0 aliphatic carbocycles. The molecule has 0 aliphatic heterocycles. The highest BCUT2D eigenvalue weighted by Crippen LogP contribution is 2.39. The number of anilines is 1. The molecule has 4 heteroatoms. The maximum absolute atomic E-state index is 12.2. The van der Waals surface area contributed by atoms with Gasteiger partial charge in [0.2, 0.25) is 0 Å². The molecule has 124 valence electrons. The molecule has 1 unspecified atom stereocenters. The minimum atomic E-state index is -0.933. The predicted octanol–water partition coefficient (Wildman–Crippen LogP) is 4.04. The molecule has 0 saturated carbocycles. The number of methoxy groups -OCH3 is 1. The van der Waals surface area contributed by atoms with Gasteiger partial charge in [-0.15, -0.1) is 0 Å². The van der Waals surface area contributed by atoms with Crippen molar-refractivity contribution in [2.45, 2.75) is 12.3 Å². The second kappa shape index (κ2) is 6.29. The molecule has 3 aromatic rings. The van der Waals surface area contributed by atoms with Crippen LogP contribution in [0.15, 0.2) is 60.7 Å². The third-order valence-corrected chi connectivity index (χ3v) is 4.60. The SMILES string of the molecule is COC(=O)c1cc(C(C)(C#N)c2ccccc2)c2ccccc2c1N. The maximum Gasteiger partial charge on any atom is 0.339 e. The highest BCUT2D eigenvalue weighted by molar-refractivity contribution is 6.07. The number of hydrogen-bond donors (Lipinski definition) is 1. The Morgan fingerprint density at radius 3 is 2.28 bits per heavy atom. The first-order chi connectivity index (χ1) is 12.0. The van der Waals surface area contributed by atoms with Crippen molar-refractivity contribution in [2.24, 2.45) is 0 Å². The van der Waals surface area contributed by atoms with E-state index >= 15 is 0 Å². The van der Waals surface area contributed by atoms with Crippen LogP contribution in [0, 0.1) is 11.3 Å². The third-order valence-electron chi connectivity index (χ3n) is 4.60. The molecule has 3 aromatic carbocycles. The summed E-state index contributed by atoms with van der Waals surface area (Å²) in [7, 11) is 1.32. The van der Waals surface area contributed by atoms with Crippen molar-refractivity contribution >= 4 is 22.4 Å². The number of fused-ring (bicyclic) bond motifs is 1. The number of rotatable bonds is 3. The molecule has 0 saturated heterocycles. The lowest BCUT2D eigenvalue weighted by molar-refractivity contribution is 0.0602. The van der Waals surface area contributed by atoms with E-state index in [1.54, 1.807) is 6.07 Å². The summed E-state index contributed by atoms with van der Waals surface area (Å²) in [6.07, 6.45) is 0. The lowest BCUT2D eigenvalue weighted by Crippen LogP contribution is -2.23. The molecule has 0 heterocycles. The molecule has 0 aliphatic rings. The zero-order chi connectivity index (χ0) is 18.0. The summed E-state index contributed by atoms with van der Waals surface area (Å²) >= 11 is 0. The highest BCUT2D eigenvalue weighted by atomic mass is 16.5. The minimum Gasteiger partial charge on any atom is -0.465 e. The van der Waals surface area contributed by atoms with Gasteiger partial charge in [-0.3, -0.25) is 0 Å². The van der Waals surface area contributed by atoms with Crippen LogP contribution < -0.4 is 5.73 Å². The fourth-order valence-electron chi connectivity index (χ4n) is 3.14. The normalized spacial score (nSPS) is 13.0. The van der Waals surface area contributed by atoms with Gasteiger partial charge in [0.05, 0.1) is 24.4 Å². The molecule has 25 heavy (non-hydrogen) atoms. The van der Waals surface area contributed by atoms with E-state index in [2.05, 4.69) is 6.07 Å². The Kier molecular flexibility index (Phi) is 4.16. The Morgan fingerprint density at radius 2 is 1.68 bits per heavy atom. The van der Waals surface area contributed by atoms with Crippen molar-refractivity contribution in [3.63, 3.8) is 0 Å². The molecule has 1 atom stereocenters. The van der Waals surface area contributed by atoms with Gasteiger partial charge in [-0.2, -0.15) is 5.26 Å². The van der Waals surface area contributed by atoms with E-state index in [0.717, 1.165) is 21.9 Å². The van der Waals surface area contributed by atoms with Crippen LogP contribution in [0.4, 0.5) is 5.69 Å². The van der Waals surface area contributed by atoms with Crippen LogP contribution in [0.3, 0.4) is 0 Å². The fourth-order valence-corrected chi connectivity index (χ4v) is 3.14. The monoisotopic (exact) mass is 330 g/mol. The first-order valence-corrected chi connectivity index (χ1v) is 7.89. The highest BCUT2D eigenvalue weighted by Gasteiger charge is 2.32. The predicted molar refractivity (Wildman–Crippen MR) is 98.2 cm³/mol. The summed E-state index contributed by atoms with van der Waals surface area (Å²) < 4.78 is 4.87. The number of carbonyl (C=O) groups is 1. The summed E-state index contributed by atoms with van der Waals surface area (Å²) in [5, 5.41) is 11.6. The van der Waals surface area contributed by atoms with Gasteiger partial charge in [-0.05, 0) is 29.5 Å². The number of ether oxygens (including phenoxy) is 1. The van der Waals surface area contributed by atoms with Gasteiger partial charge in [0.15, 0.2) is 0 Å². The third kappa shape index (κ3) is 2.60. The summed E-state index contributed by atoms with van der Waals surface area (Å²) in [5.74, 6) is -0.516. The summed E-state index contributed by atoms with van der Waals surface area (Å²) in [5.41, 5.74) is 7.48. The number of carbonyl (C=O) groups excluding carboxylic acids is 1. The molecule has 0 aromatic heterocycles.